The van der Waals surface area contributed by atoms with Crippen LogP contribution >= 0.6 is 45.1 Å². The van der Waals surface area contributed by atoms with Gasteiger partial charge in [0.1, 0.15) is 11.1 Å². The van der Waals surface area contributed by atoms with Crippen LogP contribution in [0.25, 0.3) is 0 Å². The molecule has 0 saturated carbocycles. The van der Waals surface area contributed by atoms with Crippen LogP contribution in [0, 0.1) is 11.8 Å². The van der Waals surface area contributed by atoms with Gasteiger partial charge in [-0.2, -0.15) is 8.62 Å². The fourth-order valence-corrected chi connectivity index (χ4v) is 8.66. The van der Waals surface area contributed by atoms with E-state index in [1.54, 1.807) is 42.7 Å². The highest BCUT2D eigenvalue weighted by Crippen LogP contribution is 2.67. The van der Waals surface area contributed by atoms with Gasteiger partial charge >= 0.3 is 23.5 Å². The molecule has 0 radical (unpaired) electrons. The van der Waals surface area contributed by atoms with Crippen molar-refractivity contribution in [1.29, 1.82) is 0 Å². The van der Waals surface area contributed by atoms with E-state index in [1.807, 2.05) is 18.2 Å². The fourth-order valence-electron chi connectivity index (χ4n) is 3.52. The predicted molar refractivity (Wildman–Crippen MR) is 166 cm³/mol. The third-order valence-corrected chi connectivity index (χ3v) is 12.1. The van der Waals surface area contributed by atoms with Gasteiger partial charge in [-0.3, -0.25) is 13.8 Å². The molecule has 3 rings (SSSR count). The van der Waals surface area contributed by atoms with Gasteiger partial charge in [-0.1, -0.05) is 53.0 Å². The summed E-state index contributed by atoms with van der Waals surface area (Å²) in [6.07, 6.45) is 9.66. The second-order valence-electron chi connectivity index (χ2n) is 8.92. The summed E-state index contributed by atoms with van der Waals surface area (Å²) in [6, 6.07) is 5.64. The number of nitrogens with one attached hydrogen (secondary N) is 1. The van der Waals surface area contributed by atoms with Gasteiger partial charge < -0.3 is 29.8 Å². The fraction of sp³-hybridized carbons (Fsp3) is 0.360. The lowest BCUT2D eigenvalue weighted by Crippen LogP contribution is -2.26. The summed E-state index contributed by atoms with van der Waals surface area (Å²) >= 11 is 0. The van der Waals surface area contributed by atoms with Crippen LogP contribution in [0.5, 0.6) is 0 Å². The van der Waals surface area contributed by atoms with E-state index in [9.17, 15) is 33.4 Å². The molecule has 1 aromatic heterocycles. The molecule has 6 atom stereocenters. The van der Waals surface area contributed by atoms with E-state index in [0.717, 1.165) is 5.03 Å². The van der Waals surface area contributed by atoms with Crippen molar-refractivity contribution in [2.75, 3.05) is 26.0 Å². The van der Waals surface area contributed by atoms with Crippen LogP contribution in [0.1, 0.15) is 12.8 Å². The second kappa shape index (κ2) is 17.9. The number of rotatable bonds is 15. The van der Waals surface area contributed by atoms with Crippen LogP contribution in [-0.2, 0) is 40.9 Å². The molecule has 20 heteroatoms. The first-order valence-electron chi connectivity index (χ1n) is 12.9. The first kappa shape index (κ1) is 37.6. The lowest BCUT2D eigenvalue weighted by molar-refractivity contribution is -0.120. The zero-order chi connectivity index (χ0) is 32.9. The molecule has 5 N–H and O–H groups in total. The number of carbonyl (C=O) groups is 1. The number of hydrogen-bond acceptors (Lipinski definition) is 13. The maximum absolute atomic E-state index is 12.1. The smallest absolute Gasteiger partial charge is 0.390 e. The predicted octanol–water partition coefficient (Wildman–Crippen LogP) is 3.83. The Bertz CT molecular complexity index is 1510. The second-order valence-corrected chi connectivity index (χ2v) is 16.1. The van der Waals surface area contributed by atoms with Gasteiger partial charge in [0.25, 0.3) is 0 Å². The Balaban J connectivity index is 1.46. The molecule has 1 aliphatic carbocycles. The van der Waals surface area contributed by atoms with Crippen molar-refractivity contribution in [2.24, 2.45) is 0 Å². The number of carbonyl (C=O) groups excluding carboxylic acids is 1. The highest BCUT2D eigenvalue weighted by atomic mass is 33.1. The lowest BCUT2D eigenvalue weighted by atomic mass is 10.0. The lowest BCUT2D eigenvalue weighted by Gasteiger charge is -2.20. The van der Waals surface area contributed by atoms with Crippen LogP contribution in [0.15, 0.2) is 77.0 Å². The molecule has 0 aromatic carbocycles. The molecular weight excluding hydrogens is 693 g/mol. The highest BCUT2D eigenvalue weighted by Gasteiger charge is 2.43. The first-order chi connectivity index (χ1) is 21.3. The van der Waals surface area contributed by atoms with Crippen molar-refractivity contribution in [3.8, 4) is 11.8 Å². The molecule has 1 aromatic rings. The van der Waals surface area contributed by atoms with E-state index in [4.69, 9.17) is 9.63 Å². The van der Waals surface area contributed by atoms with E-state index in [2.05, 4.69) is 39.8 Å². The standard InChI is InChI=1S/C25H31N2O13P3S2/c1-36-41(30,31)39-43(34,35)40-42(32,33)37-18-23-21(28)17-22(38-23)20-9-3-2-7-19(11-12-20)8-6-15-26-24(29)13-16-44-45-25-10-4-5-14-27-25/h2-5,7,9-12,14,21-23,28H,13,15-18H2,1H3,(H,26,29)(H,30,31)(H,32,33)(H,34,35)/b3-2?,7-2-,9-3-,12-11?,19-7?,19-11+,20-9?,20-12+/t21-,22-,23-/m1/s1. The SMILES string of the molecule is COP(=O)(O)OP(=O)(O)OP(=O)(O)OC[C@H]1O[C@@H](C2=C/C=C(C#CCNC(=O)CCSSc3ccccn3)\C=C/C=C\2)C[C@H]1O. The minimum atomic E-state index is -5.55. The molecule has 2 aliphatic rings. The summed E-state index contributed by atoms with van der Waals surface area (Å²) in [4.78, 5) is 44.6. The van der Waals surface area contributed by atoms with Crippen molar-refractivity contribution in [3.05, 3.63) is 72.0 Å². The average molecular weight is 725 g/mol. The number of phosphoric acid groups is 3. The maximum Gasteiger partial charge on any atom is 0.490 e. The molecule has 1 saturated heterocycles. The molecule has 246 valence electrons. The number of hydrogen-bond donors (Lipinski definition) is 5. The van der Waals surface area contributed by atoms with Crippen molar-refractivity contribution in [3.63, 3.8) is 0 Å². The van der Waals surface area contributed by atoms with Gasteiger partial charge in [0.2, 0.25) is 5.91 Å². The van der Waals surface area contributed by atoms with Crippen LogP contribution in [0.4, 0.5) is 0 Å². The number of amides is 1. The van der Waals surface area contributed by atoms with Crippen molar-refractivity contribution in [2.45, 2.75) is 36.2 Å². The molecule has 1 amide bonds. The van der Waals surface area contributed by atoms with Crippen molar-refractivity contribution < 1.29 is 60.7 Å². The van der Waals surface area contributed by atoms with E-state index < -0.39 is 48.4 Å². The quantitative estimate of drug-likeness (QED) is 0.0751. The van der Waals surface area contributed by atoms with Gasteiger partial charge in [0, 0.05) is 37.5 Å². The largest absolute Gasteiger partial charge is 0.490 e. The summed E-state index contributed by atoms with van der Waals surface area (Å²) in [5.74, 6) is 6.37. The minimum Gasteiger partial charge on any atom is -0.390 e. The molecule has 0 bridgehead atoms. The third kappa shape index (κ3) is 14.2. The number of aromatic nitrogens is 1. The molecular formula is C25H31N2O13P3S2. The van der Waals surface area contributed by atoms with Crippen molar-refractivity contribution in [1.82, 2.24) is 10.3 Å². The van der Waals surface area contributed by atoms with E-state index >= 15 is 0 Å². The normalized spacial score (nSPS) is 27.4. The van der Waals surface area contributed by atoms with Gasteiger partial charge in [0.15, 0.2) is 0 Å². The number of phosphoric ester groups is 2. The molecule has 0 spiro atoms. The Morgan fingerprint density at radius 2 is 1.87 bits per heavy atom. The number of ether oxygens (including phenoxy) is 1. The van der Waals surface area contributed by atoms with Gasteiger partial charge in [-0.15, -0.1) is 0 Å². The zero-order valence-corrected chi connectivity index (χ0v) is 27.9. The summed E-state index contributed by atoms with van der Waals surface area (Å²) in [5.41, 5.74) is 1.28. The van der Waals surface area contributed by atoms with E-state index in [-0.39, 0.29) is 18.9 Å². The van der Waals surface area contributed by atoms with Crippen LogP contribution in [0.2, 0.25) is 0 Å². The average Bonchev–Trinajstić information content (AvgIpc) is 3.33. The Morgan fingerprint density at radius 3 is 2.60 bits per heavy atom. The summed E-state index contributed by atoms with van der Waals surface area (Å²) in [7, 11) is -12.2. The number of aliphatic hydroxyl groups is 1. The molecule has 1 aliphatic heterocycles. The minimum absolute atomic E-state index is 0.0905. The number of aliphatic hydroxyl groups excluding tert-OH is 1. The van der Waals surface area contributed by atoms with Crippen molar-refractivity contribution >= 4 is 51.0 Å². The van der Waals surface area contributed by atoms with Crippen LogP contribution in [0.3, 0.4) is 0 Å². The van der Waals surface area contributed by atoms with Gasteiger partial charge in [-0.25, -0.2) is 18.7 Å². The van der Waals surface area contributed by atoms with Gasteiger partial charge in [0.05, 0.1) is 25.4 Å². The third-order valence-electron chi connectivity index (χ3n) is 5.57. The van der Waals surface area contributed by atoms with Gasteiger partial charge in [-0.05, 0) is 40.7 Å². The summed E-state index contributed by atoms with van der Waals surface area (Å²) in [6.45, 7) is -0.570. The molecule has 15 nitrogen and oxygen atoms in total. The highest BCUT2D eigenvalue weighted by molar-refractivity contribution is 8.76. The van der Waals surface area contributed by atoms with Crippen LogP contribution in [-0.4, -0.2) is 75.0 Å². The number of allylic oxidation sites excluding steroid dienone is 6. The molecule has 3 unspecified atom stereocenters. The van der Waals surface area contributed by atoms with E-state index in [1.165, 1.54) is 21.6 Å². The molecule has 2 heterocycles. The summed E-state index contributed by atoms with van der Waals surface area (Å²) in [5, 5.41) is 14.0. The maximum atomic E-state index is 12.1. The Kier molecular flexibility index (Phi) is 15.0. The topological polar surface area (TPSA) is 220 Å². The molecule has 45 heavy (non-hydrogen) atoms. The number of pyridine rings is 1. The Hall–Kier alpha value is -1.83. The first-order valence-corrected chi connectivity index (χ1v) is 19.8. The van der Waals surface area contributed by atoms with Crippen LogP contribution < -0.4 is 5.32 Å². The van der Waals surface area contributed by atoms with E-state index in [0.29, 0.717) is 30.4 Å². The Labute approximate surface area is 267 Å². The monoisotopic (exact) mass is 724 g/mol. The number of nitrogens with zero attached hydrogens (tertiary/aromatic N) is 1. The molecule has 1 fully saturated rings. The Morgan fingerprint density at radius 1 is 1.11 bits per heavy atom. The summed E-state index contributed by atoms with van der Waals surface area (Å²) < 4.78 is 57.3. The zero-order valence-electron chi connectivity index (χ0n) is 23.6.